The van der Waals surface area contributed by atoms with Gasteiger partial charge in [-0.05, 0) is 62.6 Å². The maximum Gasteiger partial charge on any atom is 0.338 e. The van der Waals surface area contributed by atoms with E-state index in [0.29, 0.717) is 18.7 Å². The Hall–Kier alpha value is -2.49. The first-order valence-corrected chi connectivity index (χ1v) is 12.5. The van der Waals surface area contributed by atoms with Gasteiger partial charge < -0.3 is 10.1 Å². The average Bonchev–Trinajstić information content (AvgIpc) is 2.80. The predicted molar refractivity (Wildman–Crippen MR) is 122 cm³/mol. The monoisotopic (exact) mass is 496 g/mol. The van der Waals surface area contributed by atoms with Gasteiger partial charge in [-0.25, -0.2) is 17.6 Å². The second-order valence-electron chi connectivity index (χ2n) is 7.94. The molecule has 2 unspecified atom stereocenters. The topological polar surface area (TPSA) is 92.8 Å². The molecule has 1 fully saturated rings. The lowest BCUT2D eigenvalue weighted by molar-refractivity contribution is -0.129. The molecule has 33 heavy (non-hydrogen) atoms. The zero-order valence-electron chi connectivity index (χ0n) is 18.4. The number of carbonyl (C=O) groups is 2. The van der Waals surface area contributed by atoms with E-state index in [1.54, 1.807) is 19.1 Å². The number of nitrogens with zero attached hydrogens (tertiary/aromatic N) is 1. The van der Waals surface area contributed by atoms with Gasteiger partial charge in [0.15, 0.2) is 6.10 Å². The molecule has 2 aromatic carbocycles. The number of sulfonamides is 1. The van der Waals surface area contributed by atoms with Crippen LogP contribution in [-0.2, 0) is 19.6 Å². The average molecular weight is 497 g/mol. The molecule has 1 aliphatic heterocycles. The van der Waals surface area contributed by atoms with E-state index in [2.05, 4.69) is 5.32 Å². The summed E-state index contributed by atoms with van der Waals surface area (Å²) < 4.78 is 45.7. The molecule has 0 spiro atoms. The number of hydrogen-bond acceptors (Lipinski definition) is 5. The Kier molecular flexibility index (Phi) is 8.10. The minimum absolute atomic E-state index is 0.0102. The van der Waals surface area contributed by atoms with Crippen molar-refractivity contribution in [3.05, 3.63) is 64.4 Å². The number of amides is 1. The van der Waals surface area contributed by atoms with Gasteiger partial charge in [0.1, 0.15) is 10.7 Å². The number of carbonyl (C=O) groups excluding carboxylic acids is 2. The second kappa shape index (κ2) is 10.6. The van der Waals surface area contributed by atoms with Crippen LogP contribution in [0.25, 0.3) is 0 Å². The van der Waals surface area contributed by atoms with Crippen molar-refractivity contribution >= 4 is 33.5 Å². The highest BCUT2D eigenvalue weighted by Gasteiger charge is 2.29. The Labute approximate surface area is 197 Å². The van der Waals surface area contributed by atoms with E-state index in [1.807, 2.05) is 0 Å². The Morgan fingerprint density at radius 2 is 1.70 bits per heavy atom. The Bertz CT molecular complexity index is 1120. The van der Waals surface area contributed by atoms with E-state index in [1.165, 1.54) is 41.6 Å². The van der Waals surface area contributed by atoms with Gasteiger partial charge in [0, 0.05) is 13.1 Å². The Morgan fingerprint density at radius 3 is 2.33 bits per heavy atom. The lowest BCUT2D eigenvalue weighted by atomic mass is 10.1. The van der Waals surface area contributed by atoms with Crippen LogP contribution in [0.2, 0.25) is 5.02 Å². The molecule has 2 aromatic rings. The van der Waals surface area contributed by atoms with Gasteiger partial charge in [0.05, 0.1) is 16.6 Å². The summed E-state index contributed by atoms with van der Waals surface area (Å²) >= 11 is 6.14. The molecular weight excluding hydrogens is 471 g/mol. The summed E-state index contributed by atoms with van der Waals surface area (Å²) in [5.74, 6) is -1.78. The zero-order chi connectivity index (χ0) is 24.2. The summed E-state index contributed by atoms with van der Waals surface area (Å²) in [5.41, 5.74) is 0.662. The maximum absolute atomic E-state index is 13.1. The second-order valence-corrected chi connectivity index (χ2v) is 10.3. The van der Waals surface area contributed by atoms with E-state index in [9.17, 15) is 22.4 Å². The summed E-state index contributed by atoms with van der Waals surface area (Å²) in [5, 5.41) is 2.71. The third-order valence-corrected chi connectivity index (χ3v) is 7.86. The third kappa shape index (κ3) is 6.10. The molecule has 1 heterocycles. The molecule has 1 saturated heterocycles. The number of halogens is 2. The first-order valence-electron chi connectivity index (χ1n) is 10.7. The normalized spacial score (nSPS) is 16.6. The van der Waals surface area contributed by atoms with Crippen molar-refractivity contribution < 1.29 is 27.1 Å². The fourth-order valence-electron chi connectivity index (χ4n) is 3.52. The summed E-state index contributed by atoms with van der Waals surface area (Å²) in [7, 11) is -3.86. The number of ether oxygens (including phenoxy) is 1. The fraction of sp³-hybridized carbons (Fsp3) is 0.391. The molecule has 0 aromatic heterocycles. The van der Waals surface area contributed by atoms with Crippen LogP contribution in [0.5, 0.6) is 0 Å². The van der Waals surface area contributed by atoms with Gasteiger partial charge in [-0.2, -0.15) is 4.31 Å². The third-order valence-electron chi connectivity index (χ3n) is 5.48. The highest BCUT2D eigenvalue weighted by atomic mass is 35.5. The van der Waals surface area contributed by atoms with Crippen LogP contribution in [0, 0.1) is 5.82 Å². The molecule has 0 bridgehead atoms. The minimum atomic E-state index is -3.86. The van der Waals surface area contributed by atoms with Crippen LogP contribution < -0.4 is 5.32 Å². The standard InChI is InChI=1S/C23H26ClFN2O5S/c1-15(17-6-9-19(25)10-7-17)26-22(28)16(2)32-23(29)18-8-11-20(24)21(14-18)33(30,31)27-12-4-3-5-13-27/h6-11,14-16H,3-5,12-13H2,1-2H3,(H,26,28). The van der Waals surface area contributed by atoms with Crippen molar-refractivity contribution in [3.8, 4) is 0 Å². The first kappa shape index (κ1) is 25.1. The van der Waals surface area contributed by atoms with Crippen molar-refractivity contribution in [1.82, 2.24) is 9.62 Å². The minimum Gasteiger partial charge on any atom is -0.449 e. The highest BCUT2D eigenvalue weighted by molar-refractivity contribution is 7.89. The van der Waals surface area contributed by atoms with Gasteiger partial charge in [0.25, 0.3) is 5.91 Å². The lowest BCUT2D eigenvalue weighted by Gasteiger charge is -2.26. The first-order chi connectivity index (χ1) is 15.6. The summed E-state index contributed by atoms with van der Waals surface area (Å²) in [6.07, 6.45) is 1.35. The number of benzene rings is 2. The predicted octanol–water partition coefficient (Wildman–Crippen LogP) is 4.08. The number of esters is 1. The van der Waals surface area contributed by atoms with Crippen molar-refractivity contribution in [2.75, 3.05) is 13.1 Å². The van der Waals surface area contributed by atoms with Crippen molar-refractivity contribution in [1.29, 1.82) is 0 Å². The highest BCUT2D eigenvalue weighted by Crippen LogP contribution is 2.28. The van der Waals surface area contributed by atoms with E-state index in [-0.39, 0.29) is 21.3 Å². The van der Waals surface area contributed by atoms with Gasteiger partial charge in [-0.1, -0.05) is 30.2 Å². The molecule has 0 radical (unpaired) electrons. The van der Waals surface area contributed by atoms with E-state index in [0.717, 1.165) is 19.3 Å². The van der Waals surface area contributed by atoms with Crippen LogP contribution in [0.1, 0.15) is 55.1 Å². The molecule has 3 rings (SSSR count). The van der Waals surface area contributed by atoms with E-state index in [4.69, 9.17) is 16.3 Å². The molecule has 0 saturated carbocycles. The summed E-state index contributed by atoms with van der Waals surface area (Å²) in [6, 6.07) is 9.11. The van der Waals surface area contributed by atoms with Gasteiger partial charge in [-0.3, -0.25) is 4.79 Å². The molecule has 7 nitrogen and oxygen atoms in total. The smallest absolute Gasteiger partial charge is 0.338 e. The van der Waals surface area contributed by atoms with Crippen LogP contribution in [-0.4, -0.2) is 43.8 Å². The van der Waals surface area contributed by atoms with E-state index < -0.39 is 34.0 Å². The largest absolute Gasteiger partial charge is 0.449 e. The Balaban J connectivity index is 1.68. The van der Waals surface area contributed by atoms with Crippen LogP contribution in [0.4, 0.5) is 4.39 Å². The van der Waals surface area contributed by atoms with Gasteiger partial charge >= 0.3 is 5.97 Å². The lowest BCUT2D eigenvalue weighted by Crippen LogP contribution is -2.37. The SMILES string of the molecule is CC(OC(=O)c1ccc(Cl)c(S(=O)(=O)N2CCCCC2)c1)C(=O)NC(C)c1ccc(F)cc1. The summed E-state index contributed by atoms with van der Waals surface area (Å²) in [4.78, 5) is 24.9. The van der Waals surface area contributed by atoms with Crippen LogP contribution in [0.3, 0.4) is 0 Å². The van der Waals surface area contributed by atoms with E-state index >= 15 is 0 Å². The quantitative estimate of drug-likeness (QED) is 0.583. The number of hydrogen-bond donors (Lipinski definition) is 1. The number of piperidine rings is 1. The number of nitrogens with one attached hydrogen (secondary N) is 1. The van der Waals surface area contributed by atoms with Crippen LogP contribution in [0.15, 0.2) is 47.4 Å². The fourth-order valence-corrected chi connectivity index (χ4v) is 5.54. The molecule has 1 amide bonds. The molecule has 2 atom stereocenters. The van der Waals surface area contributed by atoms with Gasteiger partial charge in [0.2, 0.25) is 10.0 Å². The molecule has 10 heteroatoms. The maximum atomic E-state index is 13.1. The summed E-state index contributed by atoms with van der Waals surface area (Å²) in [6.45, 7) is 3.93. The van der Waals surface area contributed by atoms with Gasteiger partial charge in [-0.15, -0.1) is 0 Å². The molecule has 178 valence electrons. The van der Waals surface area contributed by atoms with Crippen molar-refractivity contribution in [3.63, 3.8) is 0 Å². The number of rotatable bonds is 7. The zero-order valence-corrected chi connectivity index (χ0v) is 20.0. The molecule has 1 aliphatic rings. The molecule has 1 N–H and O–H groups in total. The van der Waals surface area contributed by atoms with Crippen molar-refractivity contribution in [2.24, 2.45) is 0 Å². The Morgan fingerprint density at radius 1 is 1.06 bits per heavy atom. The molecule has 0 aliphatic carbocycles. The van der Waals surface area contributed by atoms with Crippen LogP contribution >= 0.6 is 11.6 Å². The molecular formula is C23H26ClFN2O5S. The van der Waals surface area contributed by atoms with Crippen molar-refractivity contribution in [2.45, 2.75) is 50.2 Å².